The number of likely N-dealkylation sites (N-methyl/N-ethyl adjacent to an activating group) is 1. The number of carbonyl (C=O) groups excluding carboxylic acids is 6. The second-order valence-electron chi connectivity index (χ2n) is 17.7. The molecular formula is C51H69N9O8. The van der Waals surface area contributed by atoms with Crippen molar-refractivity contribution in [3.05, 3.63) is 132 Å². The lowest BCUT2D eigenvalue weighted by molar-refractivity contribution is -0.153. The second kappa shape index (κ2) is 27.7. The van der Waals surface area contributed by atoms with E-state index >= 15 is 0 Å². The molecule has 0 radical (unpaired) electrons. The Morgan fingerprint density at radius 3 is 1.53 bits per heavy atom. The van der Waals surface area contributed by atoms with Crippen LogP contribution in [0.25, 0.3) is 0 Å². The molecule has 2 heterocycles. The Kier molecular flexibility index (Phi) is 21.9. The van der Waals surface area contributed by atoms with E-state index in [1.807, 2.05) is 107 Å². The van der Waals surface area contributed by atoms with Crippen LogP contribution in [-0.4, -0.2) is 132 Å². The minimum absolute atomic E-state index is 0.0329. The van der Waals surface area contributed by atoms with Crippen LogP contribution in [0.15, 0.2) is 109 Å². The van der Waals surface area contributed by atoms with Crippen LogP contribution in [-0.2, 0) is 54.6 Å². The van der Waals surface area contributed by atoms with Crippen LogP contribution in [0.5, 0.6) is 0 Å². The monoisotopic (exact) mass is 936 g/mol. The second-order valence-corrected chi connectivity index (χ2v) is 17.7. The predicted molar refractivity (Wildman–Crippen MR) is 259 cm³/mol. The van der Waals surface area contributed by atoms with Gasteiger partial charge in [-0.3, -0.25) is 34.0 Å². The van der Waals surface area contributed by atoms with Crippen molar-refractivity contribution in [1.29, 1.82) is 0 Å². The molecule has 2 aromatic heterocycles. The molecule has 0 saturated heterocycles. The lowest BCUT2D eigenvalue weighted by Gasteiger charge is -2.34. The fourth-order valence-corrected chi connectivity index (χ4v) is 7.39. The van der Waals surface area contributed by atoms with E-state index in [1.165, 1.54) is 16.7 Å². The molecule has 2 aromatic carbocycles. The van der Waals surface area contributed by atoms with Crippen LogP contribution >= 0.6 is 0 Å². The Labute approximate surface area is 400 Å². The third-order valence-corrected chi connectivity index (χ3v) is 11.1. The Balaban J connectivity index is 1.69. The van der Waals surface area contributed by atoms with Crippen molar-refractivity contribution in [2.45, 2.75) is 97.2 Å². The molecular weight excluding hydrogens is 867 g/mol. The molecule has 0 aliphatic rings. The first-order valence-corrected chi connectivity index (χ1v) is 23.0. The quantitative estimate of drug-likeness (QED) is 0.0668. The van der Waals surface area contributed by atoms with E-state index in [-0.39, 0.29) is 57.5 Å². The lowest BCUT2D eigenvalue weighted by Crippen LogP contribution is -2.58. The Hall–Kier alpha value is -6.88. The SMILES string of the molecule is CC(=O)OCCN(C)CC(=O)O[C@@H](C[C@H](Cc1ccccc1)NC(=O)[C@@H](NC(=O)N(C)Cc1ccccn1)C(C)C)[C@H](Cc1ccccc1)NC(=O)[C@@H](NC(=O)N(C)Cc1ccccn1)C(C)C. The average molecular weight is 936 g/mol. The first-order valence-electron chi connectivity index (χ1n) is 23.0. The van der Waals surface area contributed by atoms with Gasteiger partial charge in [0.05, 0.1) is 37.1 Å². The molecule has 4 aromatic rings. The molecule has 17 nitrogen and oxygen atoms in total. The van der Waals surface area contributed by atoms with Gasteiger partial charge >= 0.3 is 24.0 Å². The van der Waals surface area contributed by atoms with E-state index in [1.54, 1.807) is 56.6 Å². The molecule has 366 valence electrons. The third kappa shape index (κ3) is 18.8. The molecule has 0 bridgehead atoms. The van der Waals surface area contributed by atoms with Crippen molar-refractivity contribution in [2.24, 2.45) is 11.8 Å². The maximum atomic E-state index is 14.6. The zero-order valence-electron chi connectivity index (χ0n) is 40.6. The highest BCUT2D eigenvalue weighted by molar-refractivity contribution is 5.88. The highest BCUT2D eigenvalue weighted by Crippen LogP contribution is 2.19. The summed E-state index contributed by atoms with van der Waals surface area (Å²) >= 11 is 0. The van der Waals surface area contributed by atoms with Crippen molar-refractivity contribution in [3.8, 4) is 0 Å². The summed E-state index contributed by atoms with van der Waals surface area (Å²) in [5.74, 6) is -2.70. The number of hydrogen-bond donors (Lipinski definition) is 4. The number of nitrogens with zero attached hydrogens (tertiary/aromatic N) is 5. The summed E-state index contributed by atoms with van der Waals surface area (Å²) in [6.45, 7) is 9.19. The van der Waals surface area contributed by atoms with Crippen molar-refractivity contribution in [1.82, 2.24) is 45.9 Å². The topological polar surface area (TPSA) is 204 Å². The van der Waals surface area contributed by atoms with Gasteiger partial charge in [0.2, 0.25) is 11.8 Å². The van der Waals surface area contributed by atoms with E-state index < -0.39 is 66.1 Å². The maximum Gasteiger partial charge on any atom is 0.320 e. The normalized spacial score (nSPS) is 13.3. The zero-order chi connectivity index (χ0) is 49.6. The molecule has 0 unspecified atom stereocenters. The van der Waals surface area contributed by atoms with Gasteiger partial charge in [0, 0.05) is 52.4 Å². The summed E-state index contributed by atoms with van der Waals surface area (Å²) in [5, 5.41) is 12.1. The molecule has 0 aliphatic carbocycles. The molecule has 0 fully saturated rings. The number of nitrogens with one attached hydrogen (secondary N) is 4. The number of aromatic nitrogens is 2. The zero-order valence-corrected chi connectivity index (χ0v) is 40.6. The lowest BCUT2D eigenvalue weighted by atomic mass is 9.92. The van der Waals surface area contributed by atoms with E-state index in [9.17, 15) is 28.8 Å². The molecule has 4 rings (SSSR count). The largest absolute Gasteiger partial charge is 0.465 e. The number of carbonyl (C=O) groups is 6. The molecule has 4 N–H and O–H groups in total. The first-order chi connectivity index (χ1) is 32.5. The molecule has 0 spiro atoms. The Morgan fingerprint density at radius 1 is 0.603 bits per heavy atom. The number of esters is 2. The minimum atomic E-state index is -1.05. The summed E-state index contributed by atoms with van der Waals surface area (Å²) in [7, 11) is 4.94. The number of benzene rings is 2. The molecule has 5 atom stereocenters. The summed E-state index contributed by atoms with van der Waals surface area (Å²) < 4.78 is 11.5. The van der Waals surface area contributed by atoms with Gasteiger partial charge in [-0.1, -0.05) is 100 Å². The van der Waals surface area contributed by atoms with Gasteiger partial charge in [0.25, 0.3) is 0 Å². The van der Waals surface area contributed by atoms with E-state index in [0.29, 0.717) is 17.8 Å². The molecule has 68 heavy (non-hydrogen) atoms. The Bertz CT molecular complexity index is 2190. The van der Waals surface area contributed by atoms with Crippen molar-refractivity contribution >= 4 is 35.8 Å². The fourth-order valence-electron chi connectivity index (χ4n) is 7.39. The highest BCUT2D eigenvalue weighted by atomic mass is 16.5. The summed E-state index contributed by atoms with van der Waals surface area (Å²) in [6.07, 6.45) is 2.80. The summed E-state index contributed by atoms with van der Waals surface area (Å²) in [5.41, 5.74) is 3.07. The van der Waals surface area contributed by atoms with Crippen LogP contribution < -0.4 is 21.3 Å². The maximum absolute atomic E-state index is 14.6. The molecule has 6 amide bonds. The van der Waals surface area contributed by atoms with Gasteiger partial charge in [-0.05, 0) is 67.1 Å². The van der Waals surface area contributed by atoms with Crippen LogP contribution in [0, 0.1) is 11.8 Å². The van der Waals surface area contributed by atoms with Crippen molar-refractivity contribution in [3.63, 3.8) is 0 Å². The van der Waals surface area contributed by atoms with Crippen LogP contribution in [0.4, 0.5) is 9.59 Å². The fraction of sp³-hybridized carbons (Fsp3) is 0.451. The molecule has 17 heteroatoms. The minimum Gasteiger partial charge on any atom is -0.465 e. The van der Waals surface area contributed by atoms with Gasteiger partial charge in [-0.2, -0.15) is 0 Å². The number of urea groups is 2. The van der Waals surface area contributed by atoms with Crippen molar-refractivity contribution < 1.29 is 38.2 Å². The van der Waals surface area contributed by atoms with Gasteiger partial charge in [0.15, 0.2) is 0 Å². The number of amides is 6. The molecule has 0 aliphatic heterocycles. The van der Waals surface area contributed by atoms with E-state index in [4.69, 9.17) is 9.47 Å². The van der Waals surface area contributed by atoms with Gasteiger partial charge in [0.1, 0.15) is 24.8 Å². The number of hydrogen-bond acceptors (Lipinski definition) is 11. The van der Waals surface area contributed by atoms with Crippen molar-refractivity contribution in [2.75, 3.05) is 40.8 Å². The van der Waals surface area contributed by atoms with Crippen LogP contribution in [0.1, 0.15) is 63.6 Å². The van der Waals surface area contributed by atoms with Crippen LogP contribution in [0.3, 0.4) is 0 Å². The van der Waals surface area contributed by atoms with Gasteiger partial charge < -0.3 is 40.5 Å². The smallest absolute Gasteiger partial charge is 0.320 e. The third-order valence-electron chi connectivity index (χ3n) is 11.1. The Morgan fingerprint density at radius 2 is 1.07 bits per heavy atom. The number of ether oxygens (including phenoxy) is 2. The summed E-state index contributed by atoms with van der Waals surface area (Å²) in [6, 6.07) is 25.3. The van der Waals surface area contributed by atoms with Crippen LogP contribution in [0.2, 0.25) is 0 Å². The number of pyridine rings is 2. The average Bonchev–Trinajstić information content (AvgIpc) is 3.30. The predicted octanol–water partition coefficient (Wildman–Crippen LogP) is 4.76. The molecule has 0 saturated carbocycles. The van der Waals surface area contributed by atoms with E-state index in [0.717, 1.165) is 11.1 Å². The highest BCUT2D eigenvalue weighted by Gasteiger charge is 2.36. The van der Waals surface area contributed by atoms with Gasteiger partial charge in [-0.15, -0.1) is 0 Å². The summed E-state index contributed by atoms with van der Waals surface area (Å²) in [4.78, 5) is 94.8. The standard InChI is InChI=1S/C51H69N9O8/c1-35(2)46(56-50(65)59(7)32-40-23-15-17-25-52-40)48(63)54-42(29-38-19-11-9-12-20-38)31-44(68-45(62)34-58(6)27-28-67-37(5)61)43(30-39-21-13-10-14-22-39)55-49(64)47(36(3)4)57-51(66)60(8)33-41-24-16-18-26-53-41/h9-26,35-36,42-44,46-47H,27-34H2,1-8H3,(H,54,63)(H,55,64)(H,56,65)(H,57,66)/t42-,43-,44-,46-,47-/m0/s1. The first kappa shape index (κ1) is 53.7. The number of rotatable bonds is 25. The van der Waals surface area contributed by atoms with E-state index in [2.05, 4.69) is 31.2 Å². The van der Waals surface area contributed by atoms with Gasteiger partial charge in [-0.25, -0.2) is 9.59 Å².